The van der Waals surface area contributed by atoms with Gasteiger partial charge in [-0.25, -0.2) is 0 Å². The predicted molar refractivity (Wildman–Crippen MR) is 101 cm³/mol. The highest BCUT2D eigenvalue weighted by molar-refractivity contribution is 6.01. The second-order valence-electron chi connectivity index (χ2n) is 6.56. The lowest BCUT2D eigenvalue weighted by molar-refractivity contribution is -0.116. The molecule has 26 heavy (non-hydrogen) atoms. The summed E-state index contributed by atoms with van der Waals surface area (Å²) in [5.74, 6) is 0.145. The number of allylic oxidation sites excluding steroid dienone is 3. The van der Waals surface area contributed by atoms with Crippen LogP contribution >= 0.6 is 0 Å². The van der Waals surface area contributed by atoms with Crippen molar-refractivity contribution in [3.8, 4) is 6.07 Å². The highest BCUT2D eigenvalue weighted by atomic mass is 16.1. The van der Waals surface area contributed by atoms with Crippen LogP contribution in [0.1, 0.15) is 30.7 Å². The van der Waals surface area contributed by atoms with Gasteiger partial charge in [0.25, 0.3) is 0 Å². The lowest BCUT2D eigenvalue weighted by atomic mass is 9.75. The zero-order valence-corrected chi connectivity index (χ0v) is 14.4. The number of hydrogen-bond acceptors (Lipinski definition) is 4. The highest BCUT2D eigenvalue weighted by Gasteiger charge is 2.40. The second kappa shape index (κ2) is 6.53. The van der Waals surface area contributed by atoms with Crippen molar-refractivity contribution in [1.82, 2.24) is 0 Å². The summed E-state index contributed by atoms with van der Waals surface area (Å²) < 4.78 is 0. The van der Waals surface area contributed by atoms with Crippen LogP contribution in [-0.4, -0.2) is 5.78 Å². The van der Waals surface area contributed by atoms with Gasteiger partial charge in [0, 0.05) is 23.4 Å². The molecule has 0 amide bonds. The van der Waals surface area contributed by atoms with Crippen LogP contribution in [0.2, 0.25) is 0 Å². The average molecular weight is 341 g/mol. The lowest BCUT2D eigenvalue weighted by Crippen LogP contribution is -2.38. The molecule has 2 aromatic rings. The van der Waals surface area contributed by atoms with Crippen LogP contribution in [0.4, 0.5) is 5.69 Å². The van der Waals surface area contributed by atoms with Crippen LogP contribution in [-0.2, 0) is 4.79 Å². The van der Waals surface area contributed by atoms with E-state index in [0.717, 1.165) is 35.4 Å². The Morgan fingerprint density at radius 2 is 1.65 bits per heavy atom. The number of ketones is 1. The number of nitriles is 1. The first-order valence-electron chi connectivity index (χ1n) is 8.78. The van der Waals surface area contributed by atoms with Crippen molar-refractivity contribution in [2.24, 2.45) is 5.73 Å². The van der Waals surface area contributed by atoms with Gasteiger partial charge in [0.2, 0.25) is 0 Å². The molecule has 1 aliphatic heterocycles. The SMILES string of the molecule is N#CC1=C(N)N(c2ccccc2)C2=C(C(=O)CCC2)[C@@H]1c1ccccc1. The molecule has 0 aromatic heterocycles. The molecular weight excluding hydrogens is 322 g/mol. The maximum atomic E-state index is 12.9. The number of Topliss-reactive ketones (excluding diaryl/α,β-unsaturated/α-hetero) is 1. The molecule has 0 fully saturated rings. The summed E-state index contributed by atoms with van der Waals surface area (Å²) in [6.45, 7) is 0. The minimum atomic E-state index is -0.385. The molecule has 2 N–H and O–H groups in total. The maximum absolute atomic E-state index is 12.9. The number of carbonyl (C=O) groups is 1. The fourth-order valence-electron chi connectivity index (χ4n) is 3.94. The molecule has 0 saturated heterocycles. The molecule has 4 nitrogen and oxygen atoms in total. The minimum absolute atomic E-state index is 0.112. The Hall–Kier alpha value is -3.32. The number of benzene rings is 2. The normalized spacial score (nSPS) is 20.0. The Morgan fingerprint density at radius 3 is 2.31 bits per heavy atom. The number of nitrogens with zero attached hydrogens (tertiary/aromatic N) is 2. The molecule has 1 atom stereocenters. The van der Waals surface area contributed by atoms with Crippen LogP contribution in [0, 0.1) is 11.3 Å². The van der Waals surface area contributed by atoms with Crippen molar-refractivity contribution in [2.75, 3.05) is 4.90 Å². The zero-order chi connectivity index (χ0) is 18.1. The standard InChI is InChI=1S/C22H19N3O/c23-14-17-20(15-8-3-1-4-9-15)21-18(12-7-13-19(21)26)25(22(17)24)16-10-5-2-6-11-16/h1-6,8-11,20H,7,12-13,24H2/t20-/m1/s1. The monoisotopic (exact) mass is 341 g/mol. The molecule has 0 radical (unpaired) electrons. The van der Waals surface area contributed by atoms with Crippen LogP contribution in [0.25, 0.3) is 0 Å². The van der Waals surface area contributed by atoms with E-state index in [4.69, 9.17) is 5.73 Å². The predicted octanol–water partition coefficient (Wildman–Crippen LogP) is 3.99. The number of hydrogen-bond donors (Lipinski definition) is 1. The third-order valence-corrected chi connectivity index (χ3v) is 5.06. The summed E-state index contributed by atoms with van der Waals surface area (Å²) in [4.78, 5) is 14.8. The van der Waals surface area contributed by atoms with Gasteiger partial charge in [0.1, 0.15) is 5.82 Å². The molecule has 0 bridgehead atoms. The molecule has 0 spiro atoms. The van der Waals surface area contributed by atoms with Crippen LogP contribution in [0.3, 0.4) is 0 Å². The third-order valence-electron chi connectivity index (χ3n) is 5.06. The number of nitrogens with two attached hydrogens (primary N) is 1. The zero-order valence-electron chi connectivity index (χ0n) is 14.4. The molecule has 2 aliphatic rings. The molecule has 1 aliphatic carbocycles. The number of para-hydroxylation sites is 1. The van der Waals surface area contributed by atoms with Crippen molar-refractivity contribution in [2.45, 2.75) is 25.2 Å². The number of anilines is 1. The van der Waals surface area contributed by atoms with Crippen molar-refractivity contribution < 1.29 is 4.79 Å². The van der Waals surface area contributed by atoms with Crippen molar-refractivity contribution >= 4 is 11.5 Å². The molecule has 128 valence electrons. The maximum Gasteiger partial charge on any atom is 0.161 e. The van der Waals surface area contributed by atoms with E-state index in [0.29, 0.717) is 17.8 Å². The van der Waals surface area contributed by atoms with Gasteiger partial charge in [-0.2, -0.15) is 5.26 Å². The summed E-state index contributed by atoms with van der Waals surface area (Å²) in [5.41, 5.74) is 10.4. The van der Waals surface area contributed by atoms with Gasteiger partial charge < -0.3 is 5.73 Å². The average Bonchev–Trinajstić information content (AvgIpc) is 2.68. The van der Waals surface area contributed by atoms with Gasteiger partial charge in [-0.1, -0.05) is 48.5 Å². The topological polar surface area (TPSA) is 70.1 Å². The van der Waals surface area contributed by atoms with Gasteiger partial charge in [-0.3, -0.25) is 9.69 Å². The van der Waals surface area contributed by atoms with E-state index < -0.39 is 0 Å². The molecule has 0 saturated carbocycles. The van der Waals surface area contributed by atoms with E-state index in [1.165, 1.54) is 0 Å². The van der Waals surface area contributed by atoms with Gasteiger partial charge >= 0.3 is 0 Å². The fraction of sp³-hybridized carbons (Fsp3) is 0.182. The van der Waals surface area contributed by atoms with Crippen molar-refractivity contribution in [3.63, 3.8) is 0 Å². The molecule has 4 heteroatoms. The molecule has 2 aromatic carbocycles. The van der Waals surface area contributed by atoms with Crippen molar-refractivity contribution in [3.05, 3.63) is 88.9 Å². The van der Waals surface area contributed by atoms with E-state index >= 15 is 0 Å². The van der Waals surface area contributed by atoms with E-state index in [2.05, 4.69) is 6.07 Å². The van der Waals surface area contributed by atoms with Gasteiger partial charge in [0.05, 0.1) is 17.6 Å². The van der Waals surface area contributed by atoms with E-state index in [9.17, 15) is 10.1 Å². The van der Waals surface area contributed by atoms with E-state index in [1.807, 2.05) is 65.6 Å². The summed E-state index contributed by atoms with van der Waals surface area (Å²) in [5, 5.41) is 9.89. The number of rotatable bonds is 2. The first-order chi connectivity index (χ1) is 12.7. The van der Waals surface area contributed by atoms with Gasteiger partial charge in [-0.05, 0) is 30.5 Å². The lowest BCUT2D eigenvalue weighted by Gasteiger charge is -2.39. The summed E-state index contributed by atoms with van der Waals surface area (Å²) >= 11 is 0. The Morgan fingerprint density at radius 1 is 1.00 bits per heavy atom. The van der Waals surface area contributed by atoms with E-state index in [-0.39, 0.29) is 11.7 Å². The summed E-state index contributed by atoms with van der Waals surface area (Å²) in [7, 11) is 0. The van der Waals surface area contributed by atoms with Crippen LogP contribution in [0.5, 0.6) is 0 Å². The molecule has 0 unspecified atom stereocenters. The Bertz CT molecular complexity index is 952. The van der Waals surface area contributed by atoms with Crippen LogP contribution < -0.4 is 10.6 Å². The Kier molecular flexibility index (Phi) is 4.06. The smallest absolute Gasteiger partial charge is 0.161 e. The van der Waals surface area contributed by atoms with Crippen LogP contribution in [0.15, 0.2) is 83.3 Å². The number of carbonyl (C=O) groups excluding carboxylic acids is 1. The van der Waals surface area contributed by atoms with Crippen molar-refractivity contribution in [1.29, 1.82) is 5.26 Å². The summed E-state index contributed by atoms with van der Waals surface area (Å²) in [6.07, 6.45) is 2.10. The van der Waals surface area contributed by atoms with Gasteiger partial charge in [0.15, 0.2) is 5.78 Å². The Balaban J connectivity index is 1.98. The Labute approximate surface area is 152 Å². The molecule has 1 heterocycles. The fourth-order valence-corrected chi connectivity index (χ4v) is 3.94. The quantitative estimate of drug-likeness (QED) is 0.896. The molecular formula is C22H19N3O. The van der Waals surface area contributed by atoms with Gasteiger partial charge in [-0.15, -0.1) is 0 Å². The second-order valence-corrected chi connectivity index (χ2v) is 6.56. The highest BCUT2D eigenvalue weighted by Crippen LogP contribution is 2.45. The molecule has 4 rings (SSSR count). The first-order valence-corrected chi connectivity index (χ1v) is 8.78. The minimum Gasteiger partial charge on any atom is -0.384 e. The summed E-state index contributed by atoms with van der Waals surface area (Å²) in [6, 6.07) is 21.7. The van der Waals surface area contributed by atoms with E-state index in [1.54, 1.807) is 0 Å². The third kappa shape index (κ3) is 2.49. The first kappa shape index (κ1) is 16.2. The largest absolute Gasteiger partial charge is 0.384 e.